The Hall–Kier alpha value is -1.71. The molecule has 0 amide bonds. The largest absolute Gasteiger partial charge is 0.391 e. The van der Waals surface area contributed by atoms with Crippen LogP contribution < -0.4 is 0 Å². The lowest BCUT2D eigenvalue weighted by Gasteiger charge is -2.35. The van der Waals surface area contributed by atoms with Gasteiger partial charge in [0.15, 0.2) is 0 Å². The number of hydrogen-bond donors (Lipinski definition) is 1. The van der Waals surface area contributed by atoms with E-state index in [1.165, 1.54) is 11.1 Å². The van der Waals surface area contributed by atoms with E-state index in [0.717, 1.165) is 17.5 Å². The summed E-state index contributed by atoms with van der Waals surface area (Å²) in [6.45, 7) is 2.15. The van der Waals surface area contributed by atoms with Crippen molar-refractivity contribution in [2.45, 2.75) is 37.9 Å². The molecule has 0 radical (unpaired) electrons. The van der Waals surface area contributed by atoms with E-state index in [-0.39, 0.29) is 17.8 Å². The molecule has 2 aromatic carbocycles. The summed E-state index contributed by atoms with van der Waals surface area (Å²) in [5, 5.41) is 10.0. The Kier molecular flexibility index (Phi) is 3.28. The second kappa shape index (κ2) is 5.18. The molecule has 1 aliphatic heterocycles. The first-order valence-corrected chi connectivity index (χ1v) is 7.80. The highest BCUT2D eigenvalue weighted by atomic mass is 19.1. The van der Waals surface area contributed by atoms with Crippen molar-refractivity contribution in [3.05, 3.63) is 70.0 Å². The van der Waals surface area contributed by atoms with Crippen LogP contribution in [0, 0.1) is 12.7 Å². The number of benzene rings is 2. The molecule has 2 aliphatic rings. The maximum Gasteiger partial charge on any atom is 0.126 e. The van der Waals surface area contributed by atoms with Gasteiger partial charge < -0.3 is 9.84 Å². The SMILES string of the molecule is Cc1c(F)ccc2c1[C@@H]1OC[C@H](O)C[C@@H]1c1ccccc1C2. The highest BCUT2D eigenvalue weighted by Crippen LogP contribution is 2.47. The average Bonchev–Trinajstić information content (AvgIpc) is 2.66. The van der Waals surface area contributed by atoms with Crippen LogP contribution in [-0.4, -0.2) is 17.8 Å². The predicted octanol–water partition coefficient (Wildman–Crippen LogP) is 3.64. The Morgan fingerprint density at radius 1 is 1.14 bits per heavy atom. The van der Waals surface area contributed by atoms with E-state index >= 15 is 0 Å². The molecule has 1 N–H and O–H groups in total. The smallest absolute Gasteiger partial charge is 0.126 e. The molecule has 3 atom stereocenters. The Morgan fingerprint density at radius 3 is 2.82 bits per heavy atom. The molecular formula is C19H19FO2. The normalized spacial score (nSPS) is 26.6. The van der Waals surface area contributed by atoms with E-state index in [2.05, 4.69) is 12.1 Å². The second-order valence-corrected chi connectivity index (χ2v) is 6.37. The molecule has 1 fully saturated rings. The van der Waals surface area contributed by atoms with Crippen molar-refractivity contribution in [1.82, 2.24) is 0 Å². The summed E-state index contributed by atoms with van der Waals surface area (Å²) in [7, 11) is 0. The highest BCUT2D eigenvalue weighted by molar-refractivity contribution is 5.47. The van der Waals surface area contributed by atoms with Crippen molar-refractivity contribution in [3.63, 3.8) is 0 Å². The summed E-state index contributed by atoms with van der Waals surface area (Å²) >= 11 is 0. The third-order valence-electron chi connectivity index (χ3n) is 5.02. The van der Waals surface area contributed by atoms with E-state index in [9.17, 15) is 9.50 Å². The number of aliphatic hydroxyl groups is 1. The fourth-order valence-corrected chi connectivity index (χ4v) is 3.96. The van der Waals surface area contributed by atoms with Crippen LogP contribution >= 0.6 is 0 Å². The fourth-order valence-electron chi connectivity index (χ4n) is 3.96. The summed E-state index contributed by atoms with van der Waals surface area (Å²) in [6.07, 6.45) is 0.832. The summed E-state index contributed by atoms with van der Waals surface area (Å²) in [5.41, 5.74) is 5.27. The van der Waals surface area contributed by atoms with Gasteiger partial charge in [-0.25, -0.2) is 4.39 Å². The Bertz CT molecular complexity index is 725. The fraction of sp³-hybridized carbons (Fsp3) is 0.368. The summed E-state index contributed by atoms with van der Waals surface area (Å²) in [6, 6.07) is 11.7. The van der Waals surface area contributed by atoms with Crippen molar-refractivity contribution in [1.29, 1.82) is 0 Å². The molecule has 4 rings (SSSR count). The van der Waals surface area contributed by atoms with Gasteiger partial charge in [-0.3, -0.25) is 0 Å². The topological polar surface area (TPSA) is 29.5 Å². The number of ether oxygens (including phenoxy) is 1. The van der Waals surface area contributed by atoms with Gasteiger partial charge in [0.1, 0.15) is 5.82 Å². The Labute approximate surface area is 129 Å². The highest BCUT2D eigenvalue weighted by Gasteiger charge is 2.38. The molecule has 3 heteroatoms. The molecular weight excluding hydrogens is 279 g/mol. The number of rotatable bonds is 0. The molecule has 1 aliphatic carbocycles. The van der Waals surface area contributed by atoms with Gasteiger partial charge in [0.05, 0.1) is 18.8 Å². The standard InChI is InChI=1S/C19H19FO2/c1-11-17(20)7-6-13-8-12-4-2-3-5-15(12)16-9-14(21)10-22-19(16)18(11)13/h2-7,14,16,19,21H,8-10H2,1H3/t14-,16-,19-/m1/s1. The third-order valence-corrected chi connectivity index (χ3v) is 5.02. The minimum atomic E-state index is -0.454. The zero-order valence-electron chi connectivity index (χ0n) is 12.6. The quantitative estimate of drug-likeness (QED) is 0.804. The van der Waals surface area contributed by atoms with Crippen molar-refractivity contribution in [2.24, 2.45) is 0 Å². The van der Waals surface area contributed by atoms with Crippen LogP contribution in [0.5, 0.6) is 0 Å². The number of aliphatic hydroxyl groups excluding tert-OH is 1. The van der Waals surface area contributed by atoms with Gasteiger partial charge in [0, 0.05) is 5.92 Å². The van der Waals surface area contributed by atoms with Gasteiger partial charge in [-0.1, -0.05) is 30.3 Å². The van der Waals surface area contributed by atoms with Crippen LogP contribution in [0.3, 0.4) is 0 Å². The minimum absolute atomic E-state index is 0.0849. The monoisotopic (exact) mass is 298 g/mol. The zero-order valence-corrected chi connectivity index (χ0v) is 12.6. The minimum Gasteiger partial charge on any atom is -0.391 e. The molecule has 114 valence electrons. The number of hydrogen-bond acceptors (Lipinski definition) is 2. The lowest BCUT2D eigenvalue weighted by molar-refractivity contribution is -0.0707. The third kappa shape index (κ3) is 2.08. The lowest BCUT2D eigenvalue weighted by atomic mass is 9.82. The first-order chi connectivity index (χ1) is 10.6. The molecule has 1 saturated heterocycles. The van der Waals surface area contributed by atoms with E-state index in [4.69, 9.17) is 4.74 Å². The molecule has 0 saturated carbocycles. The lowest BCUT2D eigenvalue weighted by Crippen LogP contribution is -2.31. The zero-order chi connectivity index (χ0) is 15.3. The Balaban J connectivity index is 1.95. The molecule has 2 aromatic rings. The van der Waals surface area contributed by atoms with E-state index in [0.29, 0.717) is 18.6 Å². The molecule has 0 unspecified atom stereocenters. The maximum absolute atomic E-state index is 14.1. The van der Waals surface area contributed by atoms with Crippen LogP contribution in [0.25, 0.3) is 0 Å². The van der Waals surface area contributed by atoms with Crippen LogP contribution in [-0.2, 0) is 11.2 Å². The molecule has 1 heterocycles. The van der Waals surface area contributed by atoms with Gasteiger partial charge in [-0.05, 0) is 53.6 Å². The van der Waals surface area contributed by atoms with Crippen molar-refractivity contribution >= 4 is 0 Å². The summed E-state index contributed by atoms with van der Waals surface area (Å²) in [4.78, 5) is 0. The Morgan fingerprint density at radius 2 is 1.95 bits per heavy atom. The van der Waals surface area contributed by atoms with Crippen LogP contribution in [0.4, 0.5) is 4.39 Å². The van der Waals surface area contributed by atoms with Crippen LogP contribution in [0.2, 0.25) is 0 Å². The van der Waals surface area contributed by atoms with Crippen molar-refractivity contribution in [3.8, 4) is 0 Å². The van der Waals surface area contributed by atoms with Gasteiger partial charge in [0.25, 0.3) is 0 Å². The molecule has 2 nitrogen and oxygen atoms in total. The van der Waals surface area contributed by atoms with E-state index in [1.54, 1.807) is 6.07 Å². The summed E-state index contributed by atoms with van der Waals surface area (Å²) in [5.74, 6) is -0.0973. The van der Waals surface area contributed by atoms with Crippen LogP contribution in [0.1, 0.15) is 46.3 Å². The number of halogens is 1. The van der Waals surface area contributed by atoms with Crippen LogP contribution in [0.15, 0.2) is 36.4 Å². The molecule has 0 aromatic heterocycles. The molecule has 0 bridgehead atoms. The van der Waals surface area contributed by atoms with Gasteiger partial charge in [0.2, 0.25) is 0 Å². The van der Waals surface area contributed by atoms with Gasteiger partial charge in [-0.15, -0.1) is 0 Å². The second-order valence-electron chi connectivity index (χ2n) is 6.37. The predicted molar refractivity (Wildman–Crippen MR) is 82.4 cm³/mol. The van der Waals surface area contributed by atoms with Crippen molar-refractivity contribution in [2.75, 3.05) is 6.61 Å². The number of fused-ring (bicyclic) bond motifs is 5. The maximum atomic E-state index is 14.1. The average molecular weight is 298 g/mol. The van der Waals surface area contributed by atoms with E-state index < -0.39 is 6.10 Å². The summed E-state index contributed by atoms with van der Waals surface area (Å²) < 4.78 is 20.1. The van der Waals surface area contributed by atoms with Gasteiger partial charge >= 0.3 is 0 Å². The van der Waals surface area contributed by atoms with Gasteiger partial charge in [-0.2, -0.15) is 0 Å². The van der Waals surface area contributed by atoms with E-state index in [1.807, 2.05) is 25.1 Å². The molecule has 22 heavy (non-hydrogen) atoms. The first kappa shape index (κ1) is 13.9. The first-order valence-electron chi connectivity index (χ1n) is 7.80. The van der Waals surface area contributed by atoms with Crippen molar-refractivity contribution < 1.29 is 14.2 Å². The molecule has 0 spiro atoms.